The Balaban J connectivity index is 2.21. The standard InChI is InChI=1S/C15H17NO4/c1-4-19-15(18)14-6-5-13(20-14)8-16-10(2)7-12(9-17)11(16)3/h5-7,9H,4,8H2,1-3H3. The number of aryl methyl sites for hydroxylation is 1. The third-order valence-corrected chi connectivity index (χ3v) is 3.19. The molecular weight excluding hydrogens is 258 g/mol. The van der Waals surface area contributed by atoms with E-state index in [-0.39, 0.29) is 5.76 Å². The summed E-state index contributed by atoms with van der Waals surface area (Å²) in [6.07, 6.45) is 0.838. The lowest BCUT2D eigenvalue weighted by Gasteiger charge is -2.07. The summed E-state index contributed by atoms with van der Waals surface area (Å²) in [4.78, 5) is 22.4. The number of rotatable bonds is 5. The fourth-order valence-electron chi connectivity index (χ4n) is 2.12. The quantitative estimate of drug-likeness (QED) is 0.621. The maximum Gasteiger partial charge on any atom is 0.374 e. The third kappa shape index (κ3) is 2.66. The van der Waals surface area contributed by atoms with Gasteiger partial charge in [-0.1, -0.05) is 0 Å². The molecule has 0 aliphatic carbocycles. The molecule has 0 aliphatic rings. The number of carbonyl (C=O) groups is 2. The van der Waals surface area contributed by atoms with Gasteiger partial charge in [-0.05, 0) is 39.0 Å². The minimum atomic E-state index is -0.465. The Bertz CT molecular complexity index is 636. The molecule has 0 saturated carbocycles. The van der Waals surface area contributed by atoms with E-state index in [1.54, 1.807) is 19.1 Å². The maximum atomic E-state index is 11.5. The van der Waals surface area contributed by atoms with Gasteiger partial charge in [-0.25, -0.2) is 4.79 Å². The molecule has 0 N–H and O–H groups in total. The van der Waals surface area contributed by atoms with E-state index in [2.05, 4.69) is 0 Å². The van der Waals surface area contributed by atoms with Crippen molar-refractivity contribution in [3.8, 4) is 0 Å². The average molecular weight is 275 g/mol. The van der Waals surface area contributed by atoms with E-state index in [1.165, 1.54) is 0 Å². The number of nitrogens with zero attached hydrogens (tertiary/aromatic N) is 1. The van der Waals surface area contributed by atoms with Gasteiger partial charge in [0.15, 0.2) is 6.29 Å². The van der Waals surface area contributed by atoms with Crippen molar-refractivity contribution >= 4 is 12.3 Å². The predicted molar refractivity (Wildman–Crippen MR) is 73.1 cm³/mol. The van der Waals surface area contributed by atoms with Crippen LogP contribution in [0.4, 0.5) is 0 Å². The van der Waals surface area contributed by atoms with Crippen LogP contribution >= 0.6 is 0 Å². The van der Waals surface area contributed by atoms with Gasteiger partial charge in [0.25, 0.3) is 0 Å². The number of hydrogen-bond acceptors (Lipinski definition) is 4. The molecule has 0 bridgehead atoms. The fourth-order valence-corrected chi connectivity index (χ4v) is 2.12. The van der Waals surface area contributed by atoms with E-state index in [9.17, 15) is 9.59 Å². The molecule has 0 spiro atoms. The number of ether oxygens (including phenoxy) is 1. The van der Waals surface area contributed by atoms with E-state index in [4.69, 9.17) is 9.15 Å². The van der Waals surface area contributed by atoms with Crippen molar-refractivity contribution in [2.75, 3.05) is 6.61 Å². The van der Waals surface area contributed by atoms with Crippen LogP contribution in [-0.4, -0.2) is 23.4 Å². The molecule has 0 aliphatic heterocycles. The summed E-state index contributed by atoms with van der Waals surface area (Å²) in [6.45, 7) is 6.34. The summed E-state index contributed by atoms with van der Waals surface area (Å²) in [6, 6.07) is 5.17. The molecule has 0 unspecified atom stereocenters. The molecule has 0 saturated heterocycles. The Kier molecular flexibility index (Phi) is 4.08. The smallest absolute Gasteiger partial charge is 0.374 e. The minimum Gasteiger partial charge on any atom is -0.460 e. The maximum absolute atomic E-state index is 11.5. The lowest BCUT2D eigenvalue weighted by atomic mass is 10.3. The molecule has 5 heteroatoms. The van der Waals surface area contributed by atoms with Crippen LogP contribution in [-0.2, 0) is 11.3 Å². The molecule has 2 aromatic heterocycles. The molecule has 106 valence electrons. The van der Waals surface area contributed by atoms with Crippen LogP contribution in [0.2, 0.25) is 0 Å². The van der Waals surface area contributed by atoms with E-state index in [0.29, 0.717) is 24.5 Å². The zero-order valence-electron chi connectivity index (χ0n) is 11.8. The van der Waals surface area contributed by atoms with Crippen LogP contribution < -0.4 is 0 Å². The zero-order chi connectivity index (χ0) is 14.7. The molecule has 2 heterocycles. The van der Waals surface area contributed by atoms with Gasteiger partial charge in [0.05, 0.1) is 13.2 Å². The Morgan fingerprint density at radius 3 is 2.75 bits per heavy atom. The number of aromatic nitrogens is 1. The zero-order valence-corrected chi connectivity index (χ0v) is 11.8. The van der Waals surface area contributed by atoms with Crippen molar-refractivity contribution < 1.29 is 18.7 Å². The molecule has 0 amide bonds. The van der Waals surface area contributed by atoms with Gasteiger partial charge >= 0.3 is 5.97 Å². The summed E-state index contributed by atoms with van der Waals surface area (Å²) < 4.78 is 12.3. The largest absolute Gasteiger partial charge is 0.460 e. The van der Waals surface area contributed by atoms with Crippen LogP contribution in [0.3, 0.4) is 0 Å². The van der Waals surface area contributed by atoms with Gasteiger partial charge in [-0.3, -0.25) is 4.79 Å². The van der Waals surface area contributed by atoms with Gasteiger partial charge in [0.1, 0.15) is 5.76 Å². The lowest BCUT2D eigenvalue weighted by molar-refractivity contribution is 0.0488. The second-order valence-electron chi connectivity index (χ2n) is 4.52. The van der Waals surface area contributed by atoms with Gasteiger partial charge < -0.3 is 13.7 Å². The van der Waals surface area contributed by atoms with Crippen molar-refractivity contribution in [1.29, 1.82) is 0 Å². The monoisotopic (exact) mass is 275 g/mol. The van der Waals surface area contributed by atoms with Crippen molar-refractivity contribution in [3.63, 3.8) is 0 Å². The lowest BCUT2D eigenvalue weighted by Crippen LogP contribution is -2.04. The average Bonchev–Trinajstić information content (AvgIpc) is 2.99. The van der Waals surface area contributed by atoms with Crippen LogP contribution in [0, 0.1) is 13.8 Å². The molecular formula is C15H17NO4. The summed E-state index contributed by atoms with van der Waals surface area (Å²) in [5, 5.41) is 0. The molecule has 0 fully saturated rings. The molecule has 0 atom stereocenters. The van der Waals surface area contributed by atoms with E-state index < -0.39 is 5.97 Å². The van der Waals surface area contributed by atoms with Gasteiger partial charge in [0, 0.05) is 17.0 Å². The van der Waals surface area contributed by atoms with Crippen LogP contribution in [0.25, 0.3) is 0 Å². The molecule has 5 nitrogen and oxygen atoms in total. The number of hydrogen-bond donors (Lipinski definition) is 0. The highest BCUT2D eigenvalue weighted by Gasteiger charge is 2.14. The van der Waals surface area contributed by atoms with E-state index >= 15 is 0 Å². The molecule has 20 heavy (non-hydrogen) atoms. The highest BCUT2D eigenvalue weighted by atomic mass is 16.5. The second kappa shape index (κ2) is 5.77. The summed E-state index contributed by atoms with van der Waals surface area (Å²) in [7, 11) is 0. The fraction of sp³-hybridized carbons (Fsp3) is 0.333. The predicted octanol–water partition coefficient (Wildman–Crippen LogP) is 2.74. The minimum absolute atomic E-state index is 0.194. The van der Waals surface area contributed by atoms with Gasteiger partial charge in [0.2, 0.25) is 5.76 Å². The normalized spacial score (nSPS) is 10.6. The van der Waals surface area contributed by atoms with Crippen molar-refractivity contribution in [3.05, 3.63) is 46.7 Å². The second-order valence-corrected chi connectivity index (χ2v) is 4.52. The van der Waals surface area contributed by atoms with Gasteiger partial charge in [-0.15, -0.1) is 0 Å². The van der Waals surface area contributed by atoms with Crippen LogP contribution in [0.5, 0.6) is 0 Å². The number of esters is 1. The molecule has 0 radical (unpaired) electrons. The van der Waals surface area contributed by atoms with Crippen LogP contribution in [0.1, 0.15) is 45.0 Å². The van der Waals surface area contributed by atoms with Crippen molar-refractivity contribution in [2.24, 2.45) is 0 Å². The summed E-state index contributed by atoms with van der Waals surface area (Å²) >= 11 is 0. The van der Waals surface area contributed by atoms with Crippen LogP contribution in [0.15, 0.2) is 22.6 Å². The summed E-state index contributed by atoms with van der Waals surface area (Å²) in [5.41, 5.74) is 2.52. The number of aldehydes is 1. The SMILES string of the molecule is CCOC(=O)c1ccc(Cn2c(C)cc(C=O)c2C)o1. The Morgan fingerprint density at radius 1 is 1.40 bits per heavy atom. The first-order chi connectivity index (χ1) is 9.56. The Labute approximate surface area is 117 Å². The number of carbonyl (C=O) groups excluding carboxylic acids is 2. The van der Waals surface area contributed by atoms with Crippen molar-refractivity contribution in [2.45, 2.75) is 27.3 Å². The summed E-state index contributed by atoms with van der Waals surface area (Å²) in [5.74, 6) is 0.375. The van der Waals surface area contributed by atoms with E-state index in [0.717, 1.165) is 17.7 Å². The molecule has 2 aromatic rings. The first kappa shape index (κ1) is 14.1. The molecule has 0 aromatic carbocycles. The highest BCUT2D eigenvalue weighted by molar-refractivity contribution is 5.86. The Morgan fingerprint density at radius 2 is 2.15 bits per heavy atom. The highest BCUT2D eigenvalue weighted by Crippen LogP contribution is 2.17. The van der Waals surface area contributed by atoms with Crippen molar-refractivity contribution in [1.82, 2.24) is 4.57 Å². The first-order valence-corrected chi connectivity index (χ1v) is 6.44. The first-order valence-electron chi connectivity index (χ1n) is 6.44. The Hall–Kier alpha value is -2.30. The van der Waals surface area contributed by atoms with Gasteiger partial charge in [-0.2, -0.15) is 0 Å². The topological polar surface area (TPSA) is 61.4 Å². The number of furan rings is 1. The molecule has 2 rings (SSSR count). The third-order valence-electron chi connectivity index (χ3n) is 3.19. The van der Waals surface area contributed by atoms with E-state index in [1.807, 2.05) is 24.5 Å².